The second-order valence-electron chi connectivity index (χ2n) is 4.10. The largest absolute Gasteiger partial charge is 0.382 e. The molecule has 1 aromatic rings. The van der Waals surface area contributed by atoms with Gasteiger partial charge in [0.15, 0.2) is 0 Å². The fourth-order valence-corrected chi connectivity index (χ4v) is 1.91. The quantitative estimate of drug-likeness (QED) is 0.838. The molecule has 84 valence electrons. The van der Waals surface area contributed by atoms with Crippen LogP contribution >= 0.6 is 0 Å². The van der Waals surface area contributed by atoms with Gasteiger partial charge < -0.3 is 10.1 Å². The van der Waals surface area contributed by atoms with Crippen LogP contribution < -0.4 is 5.32 Å². The van der Waals surface area contributed by atoms with Crippen molar-refractivity contribution >= 4 is 5.69 Å². The first-order valence-corrected chi connectivity index (χ1v) is 5.50. The number of rotatable bonds is 3. The minimum Gasteiger partial charge on any atom is -0.382 e. The van der Waals surface area contributed by atoms with Gasteiger partial charge in [-0.1, -0.05) is 0 Å². The predicted octanol–water partition coefficient (Wildman–Crippen LogP) is 1.79. The number of anilines is 1. The molecule has 0 aliphatic carbocycles. The normalized spacial score (nSPS) is 21.4. The molecule has 2 rings (SSSR count). The van der Waals surface area contributed by atoms with Crippen LogP contribution in [-0.2, 0) is 4.74 Å². The molecule has 1 aliphatic heterocycles. The van der Waals surface area contributed by atoms with Crippen molar-refractivity contribution in [2.75, 3.05) is 18.5 Å². The van der Waals surface area contributed by atoms with Crippen LogP contribution in [0.25, 0.3) is 0 Å². The Morgan fingerprint density at radius 1 is 1.69 bits per heavy atom. The molecule has 1 aromatic heterocycles. The van der Waals surface area contributed by atoms with Gasteiger partial charge in [0.2, 0.25) is 0 Å². The number of nitriles is 1. The number of nitrogens with zero attached hydrogens (tertiary/aromatic N) is 2. The summed E-state index contributed by atoms with van der Waals surface area (Å²) < 4.78 is 5.36. The third kappa shape index (κ3) is 2.50. The van der Waals surface area contributed by atoms with Crippen molar-refractivity contribution in [2.45, 2.75) is 19.4 Å². The highest BCUT2D eigenvalue weighted by atomic mass is 16.5. The van der Waals surface area contributed by atoms with Crippen LogP contribution in [0.3, 0.4) is 0 Å². The molecule has 0 spiro atoms. The maximum Gasteiger partial charge on any atom is 0.142 e. The molecular formula is C12H15N3O. The zero-order valence-electron chi connectivity index (χ0n) is 9.31. The van der Waals surface area contributed by atoms with E-state index in [1.165, 1.54) is 0 Å². The lowest BCUT2D eigenvalue weighted by Crippen LogP contribution is -2.26. The molecule has 1 aliphatic rings. The molecule has 1 N–H and O–H groups in total. The highest BCUT2D eigenvalue weighted by Gasteiger charge is 2.21. The Morgan fingerprint density at radius 2 is 2.56 bits per heavy atom. The first-order valence-electron chi connectivity index (χ1n) is 5.50. The molecule has 0 radical (unpaired) electrons. The van der Waals surface area contributed by atoms with E-state index in [9.17, 15) is 0 Å². The summed E-state index contributed by atoms with van der Waals surface area (Å²) in [5.41, 5.74) is 1.39. The molecule has 0 saturated carbocycles. The molecule has 0 aromatic carbocycles. The van der Waals surface area contributed by atoms with Gasteiger partial charge in [-0.2, -0.15) is 5.26 Å². The zero-order valence-corrected chi connectivity index (χ0v) is 9.31. The topological polar surface area (TPSA) is 57.9 Å². The van der Waals surface area contributed by atoms with Crippen molar-refractivity contribution in [3.05, 3.63) is 24.0 Å². The molecular weight excluding hydrogens is 202 g/mol. The maximum absolute atomic E-state index is 8.75. The van der Waals surface area contributed by atoms with E-state index in [1.54, 1.807) is 12.3 Å². The first kappa shape index (κ1) is 10.9. The van der Waals surface area contributed by atoms with E-state index in [-0.39, 0.29) is 0 Å². The SMILES string of the molecule is CC(Nc1ccnc(C#N)c1)C1CCOC1. The van der Waals surface area contributed by atoms with Crippen molar-refractivity contribution in [3.8, 4) is 6.07 Å². The number of ether oxygens (including phenoxy) is 1. The molecule has 2 unspecified atom stereocenters. The van der Waals surface area contributed by atoms with E-state index in [0.29, 0.717) is 17.7 Å². The molecule has 1 saturated heterocycles. The fourth-order valence-electron chi connectivity index (χ4n) is 1.91. The molecule has 1 fully saturated rings. The van der Waals surface area contributed by atoms with E-state index in [1.807, 2.05) is 12.1 Å². The summed E-state index contributed by atoms with van der Waals surface area (Å²) >= 11 is 0. The second-order valence-corrected chi connectivity index (χ2v) is 4.10. The molecule has 4 heteroatoms. The summed E-state index contributed by atoms with van der Waals surface area (Å²) in [5, 5.41) is 12.1. The summed E-state index contributed by atoms with van der Waals surface area (Å²) in [4.78, 5) is 3.94. The zero-order chi connectivity index (χ0) is 11.4. The smallest absolute Gasteiger partial charge is 0.142 e. The summed E-state index contributed by atoms with van der Waals surface area (Å²) in [6, 6.07) is 6.04. The van der Waals surface area contributed by atoms with Crippen molar-refractivity contribution in [3.63, 3.8) is 0 Å². The number of pyridine rings is 1. The molecule has 16 heavy (non-hydrogen) atoms. The van der Waals surface area contributed by atoms with Crippen molar-refractivity contribution in [1.82, 2.24) is 4.98 Å². The Labute approximate surface area is 95.3 Å². The van der Waals surface area contributed by atoms with Crippen LogP contribution in [0.2, 0.25) is 0 Å². The van der Waals surface area contributed by atoms with Gasteiger partial charge in [0.25, 0.3) is 0 Å². The highest BCUT2D eigenvalue weighted by molar-refractivity contribution is 5.46. The maximum atomic E-state index is 8.75. The molecule has 0 bridgehead atoms. The van der Waals surface area contributed by atoms with Gasteiger partial charge in [0.05, 0.1) is 6.61 Å². The van der Waals surface area contributed by atoms with Gasteiger partial charge in [0.1, 0.15) is 11.8 Å². The third-order valence-electron chi connectivity index (χ3n) is 2.94. The standard InChI is InChI=1S/C12H15N3O/c1-9(10-3-5-16-8-10)15-11-2-4-14-12(6-11)7-13/h2,4,6,9-10H,3,5,8H2,1H3,(H,14,15). The van der Waals surface area contributed by atoms with Crippen LogP contribution in [0.4, 0.5) is 5.69 Å². The minimum atomic E-state index is 0.358. The van der Waals surface area contributed by atoms with Gasteiger partial charge in [-0.3, -0.25) is 0 Å². The third-order valence-corrected chi connectivity index (χ3v) is 2.94. The Bertz CT molecular complexity index is 393. The van der Waals surface area contributed by atoms with Crippen LogP contribution in [0, 0.1) is 17.2 Å². The van der Waals surface area contributed by atoms with E-state index in [2.05, 4.69) is 17.2 Å². The van der Waals surface area contributed by atoms with E-state index >= 15 is 0 Å². The van der Waals surface area contributed by atoms with Gasteiger partial charge >= 0.3 is 0 Å². The van der Waals surface area contributed by atoms with Crippen LogP contribution in [0.5, 0.6) is 0 Å². The van der Waals surface area contributed by atoms with Gasteiger partial charge in [-0.05, 0) is 25.5 Å². The lowest BCUT2D eigenvalue weighted by Gasteiger charge is -2.20. The van der Waals surface area contributed by atoms with Gasteiger partial charge in [-0.15, -0.1) is 0 Å². The van der Waals surface area contributed by atoms with Crippen molar-refractivity contribution in [2.24, 2.45) is 5.92 Å². The van der Waals surface area contributed by atoms with E-state index in [0.717, 1.165) is 25.3 Å². The van der Waals surface area contributed by atoms with Crippen LogP contribution in [-0.4, -0.2) is 24.2 Å². The minimum absolute atomic E-state index is 0.358. The molecule has 2 heterocycles. The molecule has 0 amide bonds. The van der Waals surface area contributed by atoms with E-state index in [4.69, 9.17) is 10.00 Å². The van der Waals surface area contributed by atoms with Gasteiger partial charge in [0, 0.05) is 30.5 Å². The lowest BCUT2D eigenvalue weighted by molar-refractivity contribution is 0.183. The van der Waals surface area contributed by atoms with Crippen molar-refractivity contribution in [1.29, 1.82) is 5.26 Å². The lowest BCUT2D eigenvalue weighted by atomic mass is 10.0. The number of hydrogen-bond donors (Lipinski definition) is 1. The number of aromatic nitrogens is 1. The van der Waals surface area contributed by atoms with Crippen LogP contribution in [0.15, 0.2) is 18.3 Å². The van der Waals surface area contributed by atoms with Crippen molar-refractivity contribution < 1.29 is 4.74 Å². The fraction of sp³-hybridized carbons (Fsp3) is 0.500. The Morgan fingerprint density at radius 3 is 3.25 bits per heavy atom. The predicted molar refractivity (Wildman–Crippen MR) is 61.0 cm³/mol. The summed E-state index contributed by atoms with van der Waals surface area (Å²) in [6.07, 6.45) is 2.75. The summed E-state index contributed by atoms with van der Waals surface area (Å²) in [6.45, 7) is 3.83. The van der Waals surface area contributed by atoms with Gasteiger partial charge in [-0.25, -0.2) is 4.98 Å². The Balaban J connectivity index is 2.00. The molecule has 4 nitrogen and oxygen atoms in total. The van der Waals surface area contributed by atoms with E-state index < -0.39 is 0 Å². The second kappa shape index (κ2) is 4.95. The monoisotopic (exact) mass is 217 g/mol. The Kier molecular flexibility index (Phi) is 3.37. The number of hydrogen-bond acceptors (Lipinski definition) is 4. The number of nitrogens with one attached hydrogen (secondary N) is 1. The average molecular weight is 217 g/mol. The highest BCUT2D eigenvalue weighted by Crippen LogP contribution is 2.20. The summed E-state index contributed by atoms with van der Waals surface area (Å²) in [7, 11) is 0. The average Bonchev–Trinajstić information content (AvgIpc) is 2.83. The first-order chi connectivity index (χ1) is 7.79. The Hall–Kier alpha value is -1.60. The van der Waals surface area contributed by atoms with Crippen LogP contribution in [0.1, 0.15) is 19.0 Å². The molecule has 2 atom stereocenters. The summed E-state index contributed by atoms with van der Waals surface area (Å²) in [5.74, 6) is 0.554.